The van der Waals surface area contributed by atoms with Crippen LogP contribution in [0.2, 0.25) is 0 Å². The van der Waals surface area contributed by atoms with Gasteiger partial charge in [0.2, 0.25) is 0 Å². The van der Waals surface area contributed by atoms with E-state index in [1.165, 1.54) is 7.11 Å². The second kappa shape index (κ2) is 4.15. The van der Waals surface area contributed by atoms with Gasteiger partial charge >= 0.3 is 6.03 Å². The molecule has 0 aromatic carbocycles. The average Bonchev–Trinajstić information content (AvgIpc) is 2.40. The Labute approximate surface area is 65.0 Å². The van der Waals surface area contributed by atoms with Gasteiger partial charge in [-0.15, -0.1) is 0 Å². The molecule has 5 nitrogen and oxygen atoms in total. The maximum absolute atomic E-state index is 10.8. The smallest absolute Gasteiger partial charge is 0.338 e. The number of hydrogen-bond donors (Lipinski definition) is 2. The molecular weight excluding hydrogens is 148 g/mol. The molecule has 2 amide bonds. The molecular formula is C6H12N2O3. The molecule has 0 aliphatic carbocycles. The molecule has 0 aromatic heterocycles. The van der Waals surface area contributed by atoms with Crippen LogP contribution in [0, 0.1) is 0 Å². The van der Waals surface area contributed by atoms with Gasteiger partial charge in [0.25, 0.3) is 0 Å². The number of hydrogen-bond acceptors (Lipinski definition) is 3. The molecule has 1 aliphatic rings. The summed E-state index contributed by atoms with van der Waals surface area (Å²) in [4.78, 5) is 15.2. The van der Waals surface area contributed by atoms with Crippen LogP contribution in [-0.2, 0) is 9.57 Å². The van der Waals surface area contributed by atoms with Gasteiger partial charge in [-0.2, -0.15) is 0 Å². The zero-order chi connectivity index (χ0) is 8.10. The van der Waals surface area contributed by atoms with E-state index in [4.69, 9.17) is 4.74 Å². The number of hydroxylamine groups is 1. The fraction of sp³-hybridized carbons (Fsp3) is 0.833. The largest absolute Gasteiger partial charge is 0.379 e. The van der Waals surface area contributed by atoms with Crippen molar-refractivity contribution >= 4 is 6.03 Å². The second-order valence-corrected chi connectivity index (χ2v) is 2.34. The molecule has 11 heavy (non-hydrogen) atoms. The predicted octanol–water partition coefficient (Wildman–Crippen LogP) is -0.364. The number of ether oxygens (including phenoxy) is 1. The molecule has 1 heterocycles. The topological polar surface area (TPSA) is 59.6 Å². The quantitative estimate of drug-likeness (QED) is 0.542. The van der Waals surface area contributed by atoms with E-state index >= 15 is 0 Å². The van der Waals surface area contributed by atoms with E-state index in [0.717, 1.165) is 13.0 Å². The Morgan fingerprint density at radius 1 is 1.73 bits per heavy atom. The summed E-state index contributed by atoms with van der Waals surface area (Å²) < 4.78 is 5.05. The van der Waals surface area contributed by atoms with Crippen molar-refractivity contribution in [3.63, 3.8) is 0 Å². The Kier molecular flexibility index (Phi) is 3.13. The molecule has 1 fully saturated rings. The fourth-order valence-corrected chi connectivity index (χ4v) is 0.956. The lowest BCUT2D eigenvalue weighted by molar-refractivity contribution is 0.105. The summed E-state index contributed by atoms with van der Waals surface area (Å²) in [6.45, 7) is 1.31. The van der Waals surface area contributed by atoms with Crippen LogP contribution in [-0.4, -0.2) is 32.4 Å². The van der Waals surface area contributed by atoms with E-state index in [-0.39, 0.29) is 12.1 Å². The molecule has 5 heteroatoms. The standard InChI is InChI=1S/C6H12N2O3/c1-10-8-6(9)7-5-2-3-11-4-5/h5H,2-4H2,1H3,(H2,7,8,9). The van der Waals surface area contributed by atoms with Crippen molar-refractivity contribution in [3.05, 3.63) is 0 Å². The molecule has 0 saturated carbocycles. The SMILES string of the molecule is CONC(=O)NC1CCOC1. The monoisotopic (exact) mass is 160 g/mol. The normalized spacial score (nSPS) is 23.2. The maximum atomic E-state index is 10.8. The van der Waals surface area contributed by atoms with Crippen molar-refractivity contribution in [3.8, 4) is 0 Å². The highest BCUT2D eigenvalue weighted by Gasteiger charge is 2.16. The van der Waals surface area contributed by atoms with E-state index in [2.05, 4.69) is 15.6 Å². The average molecular weight is 160 g/mol. The highest BCUT2D eigenvalue weighted by Crippen LogP contribution is 2.02. The van der Waals surface area contributed by atoms with Crippen molar-refractivity contribution in [2.45, 2.75) is 12.5 Å². The van der Waals surface area contributed by atoms with Crippen molar-refractivity contribution < 1.29 is 14.4 Å². The first kappa shape index (κ1) is 8.29. The zero-order valence-electron chi connectivity index (χ0n) is 6.42. The number of rotatable bonds is 2. The van der Waals surface area contributed by atoms with Crippen LogP contribution in [0.25, 0.3) is 0 Å². The van der Waals surface area contributed by atoms with Crippen LogP contribution in [0.3, 0.4) is 0 Å². The lowest BCUT2D eigenvalue weighted by atomic mass is 10.3. The van der Waals surface area contributed by atoms with E-state index < -0.39 is 0 Å². The van der Waals surface area contributed by atoms with Crippen molar-refractivity contribution in [2.24, 2.45) is 0 Å². The summed E-state index contributed by atoms with van der Waals surface area (Å²) in [6.07, 6.45) is 0.872. The lowest BCUT2D eigenvalue weighted by Gasteiger charge is -2.09. The van der Waals surface area contributed by atoms with Gasteiger partial charge in [0, 0.05) is 6.61 Å². The minimum Gasteiger partial charge on any atom is -0.379 e. The van der Waals surface area contributed by atoms with E-state index in [1.807, 2.05) is 0 Å². The highest BCUT2D eigenvalue weighted by atomic mass is 16.6. The lowest BCUT2D eigenvalue weighted by Crippen LogP contribution is -2.41. The molecule has 0 radical (unpaired) electrons. The van der Waals surface area contributed by atoms with Gasteiger partial charge in [-0.05, 0) is 6.42 Å². The number of nitrogens with one attached hydrogen (secondary N) is 2. The third-order valence-electron chi connectivity index (χ3n) is 1.46. The van der Waals surface area contributed by atoms with E-state index in [9.17, 15) is 4.79 Å². The van der Waals surface area contributed by atoms with Gasteiger partial charge in [0.15, 0.2) is 0 Å². The molecule has 1 saturated heterocycles. The second-order valence-electron chi connectivity index (χ2n) is 2.34. The van der Waals surface area contributed by atoms with Gasteiger partial charge < -0.3 is 10.1 Å². The Morgan fingerprint density at radius 3 is 3.09 bits per heavy atom. The van der Waals surface area contributed by atoms with Crippen LogP contribution in [0.5, 0.6) is 0 Å². The molecule has 64 valence electrons. The van der Waals surface area contributed by atoms with Crippen LogP contribution in [0.1, 0.15) is 6.42 Å². The predicted molar refractivity (Wildman–Crippen MR) is 37.9 cm³/mol. The summed E-state index contributed by atoms with van der Waals surface area (Å²) in [7, 11) is 1.39. The van der Waals surface area contributed by atoms with Gasteiger partial charge in [-0.3, -0.25) is 4.84 Å². The van der Waals surface area contributed by atoms with Crippen LogP contribution >= 0.6 is 0 Å². The highest BCUT2D eigenvalue weighted by molar-refractivity contribution is 5.73. The van der Waals surface area contributed by atoms with Crippen molar-refractivity contribution in [1.29, 1.82) is 0 Å². The molecule has 0 aromatic rings. The molecule has 0 spiro atoms. The first-order chi connectivity index (χ1) is 5.33. The van der Waals surface area contributed by atoms with E-state index in [0.29, 0.717) is 6.61 Å². The minimum atomic E-state index is -0.317. The summed E-state index contributed by atoms with van der Waals surface area (Å²) in [5.74, 6) is 0. The zero-order valence-corrected chi connectivity index (χ0v) is 6.42. The summed E-state index contributed by atoms with van der Waals surface area (Å²) >= 11 is 0. The minimum absolute atomic E-state index is 0.130. The van der Waals surface area contributed by atoms with E-state index in [1.54, 1.807) is 0 Å². The molecule has 1 rings (SSSR count). The Bertz CT molecular complexity index is 134. The number of amides is 2. The van der Waals surface area contributed by atoms with Crippen LogP contribution < -0.4 is 10.8 Å². The van der Waals surface area contributed by atoms with Crippen LogP contribution in [0.4, 0.5) is 4.79 Å². The summed E-state index contributed by atoms with van der Waals surface area (Å²) in [5, 5.41) is 2.68. The third kappa shape index (κ3) is 2.73. The van der Waals surface area contributed by atoms with Gasteiger partial charge in [0.1, 0.15) is 0 Å². The first-order valence-corrected chi connectivity index (χ1v) is 3.50. The van der Waals surface area contributed by atoms with Gasteiger partial charge in [-0.25, -0.2) is 10.3 Å². The van der Waals surface area contributed by atoms with Crippen molar-refractivity contribution in [2.75, 3.05) is 20.3 Å². The Morgan fingerprint density at radius 2 is 2.55 bits per heavy atom. The fourth-order valence-electron chi connectivity index (χ4n) is 0.956. The molecule has 1 unspecified atom stereocenters. The number of urea groups is 1. The maximum Gasteiger partial charge on any atom is 0.338 e. The van der Waals surface area contributed by atoms with Gasteiger partial charge in [-0.1, -0.05) is 0 Å². The Balaban J connectivity index is 2.13. The third-order valence-corrected chi connectivity index (χ3v) is 1.46. The number of carbonyl (C=O) groups is 1. The van der Waals surface area contributed by atoms with Gasteiger partial charge in [0.05, 0.1) is 19.8 Å². The van der Waals surface area contributed by atoms with Crippen molar-refractivity contribution in [1.82, 2.24) is 10.8 Å². The Hall–Kier alpha value is -0.810. The molecule has 2 N–H and O–H groups in total. The molecule has 1 aliphatic heterocycles. The number of carbonyl (C=O) groups excluding carboxylic acids is 1. The van der Waals surface area contributed by atoms with Crippen LogP contribution in [0.15, 0.2) is 0 Å². The summed E-state index contributed by atoms with van der Waals surface area (Å²) in [6, 6.07) is -0.187. The summed E-state index contributed by atoms with van der Waals surface area (Å²) in [5.41, 5.74) is 2.17. The molecule has 0 bridgehead atoms. The first-order valence-electron chi connectivity index (χ1n) is 3.50. The molecule has 1 atom stereocenters.